The summed E-state index contributed by atoms with van der Waals surface area (Å²) in [6.45, 7) is 3.76. The van der Waals surface area contributed by atoms with Gasteiger partial charge in [0.2, 0.25) is 0 Å². The second-order valence-corrected chi connectivity index (χ2v) is 6.42. The first-order valence-corrected chi connectivity index (χ1v) is 8.73. The van der Waals surface area contributed by atoms with Gasteiger partial charge in [0, 0.05) is 6.54 Å². The number of ether oxygens (including phenoxy) is 1. The minimum absolute atomic E-state index is 0. The molecule has 0 unspecified atom stereocenters. The molecular weight excluding hydrogens is 369 g/mol. The predicted octanol–water partition coefficient (Wildman–Crippen LogP) is 4.46. The van der Waals surface area contributed by atoms with Crippen LogP contribution in [0.2, 0.25) is 0 Å². The molecule has 4 rings (SSSR count). The van der Waals surface area contributed by atoms with Gasteiger partial charge in [0.25, 0.3) is 0 Å². The summed E-state index contributed by atoms with van der Waals surface area (Å²) in [5, 5.41) is 3.44. The lowest BCUT2D eigenvalue weighted by molar-refractivity contribution is 0.278. The topological polar surface area (TPSA) is 39.1 Å². The highest BCUT2D eigenvalue weighted by atomic mass is 35.5. The van der Waals surface area contributed by atoms with Crippen LogP contribution in [0.1, 0.15) is 18.7 Å². The highest BCUT2D eigenvalue weighted by Gasteiger charge is 2.18. The van der Waals surface area contributed by atoms with Crippen molar-refractivity contribution in [1.29, 1.82) is 0 Å². The molecule has 0 aliphatic carbocycles. The Morgan fingerprint density at radius 2 is 1.65 bits per heavy atom. The number of benzene rings is 2. The zero-order valence-electron chi connectivity index (χ0n) is 14.6. The van der Waals surface area contributed by atoms with Crippen molar-refractivity contribution >= 4 is 35.8 Å². The van der Waals surface area contributed by atoms with Gasteiger partial charge in [-0.3, -0.25) is 0 Å². The summed E-state index contributed by atoms with van der Waals surface area (Å²) >= 11 is 0. The van der Waals surface area contributed by atoms with Gasteiger partial charge in [-0.1, -0.05) is 30.3 Å². The Balaban J connectivity index is 0.00000121. The third kappa shape index (κ3) is 4.70. The first kappa shape index (κ1) is 20.6. The fourth-order valence-corrected chi connectivity index (χ4v) is 3.43. The Morgan fingerprint density at radius 1 is 0.962 bits per heavy atom. The van der Waals surface area contributed by atoms with Gasteiger partial charge in [0.1, 0.15) is 18.2 Å². The molecule has 26 heavy (non-hydrogen) atoms. The Morgan fingerprint density at radius 3 is 2.42 bits per heavy atom. The molecule has 1 aromatic heterocycles. The van der Waals surface area contributed by atoms with E-state index in [-0.39, 0.29) is 24.8 Å². The first-order chi connectivity index (χ1) is 11.9. The predicted molar refractivity (Wildman–Crippen MR) is 111 cm³/mol. The van der Waals surface area contributed by atoms with Crippen molar-refractivity contribution in [2.24, 2.45) is 5.92 Å². The van der Waals surface area contributed by atoms with Crippen LogP contribution >= 0.6 is 24.8 Å². The minimum atomic E-state index is 0. The average molecular weight is 394 g/mol. The molecule has 1 N–H and O–H groups in total. The largest absolute Gasteiger partial charge is 0.486 e. The average Bonchev–Trinajstić information content (AvgIpc) is 2.99. The van der Waals surface area contributed by atoms with E-state index < -0.39 is 0 Å². The van der Waals surface area contributed by atoms with Crippen LogP contribution in [-0.4, -0.2) is 22.6 Å². The van der Waals surface area contributed by atoms with E-state index in [0.717, 1.165) is 36.7 Å². The lowest BCUT2D eigenvalue weighted by Gasteiger charge is -2.24. The monoisotopic (exact) mass is 393 g/mol. The van der Waals surface area contributed by atoms with Crippen LogP contribution in [-0.2, 0) is 13.2 Å². The van der Waals surface area contributed by atoms with Gasteiger partial charge in [-0.2, -0.15) is 0 Å². The quantitative estimate of drug-likeness (QED) is 0.695. The van der Waals surface area contributed by atoms with E-state index >= 15 is 0 Å². The van der Waals surface area contributed by atoms with Gasteiger partial charge >= 0.3 is 0 Å². The van der Waals surface area contributed by atoms with Gasteiger partial charge in [-0.05, 0) is 56.1 Å². The van der Waals surface area contributed by atoms with Crippen molar-refractivity contribution in [3.05, 3.63) is 60.4 Å². The number of piperidine rings is 1. The number of nitrogens with one attached hydrogen (secondary N) is 1. The number of rotatable bonds is 5. The summed E-state index contributed by atoms with van der Waals surface area (Å²) in [6.07, 6.45) is 2.46. The molecule has 2 aromatic carbocycles. The fourth-order valence-electron chi connectivity index (χ4n) is 3.43. The molecule has 0 radical (unpaired) electrons. The van der Waals surface area contributed by atoms with E-state index in [4.69, 9.17) is 9.72 Å². The lowest BCUT2D eigenvalue weighted by atomic mass is 9.98. The van der Waals surface area contributed by atoms with Gasteiger partial charge in [-0.15, -0.1) is 24.8 Å². The van der Waals surface area contributed by atoms with Crippen molar-refractivity contribution in [1.82, 2.24) is 14.9 Å². The summed E-state index contributed by atoms with van der Waals surface area (Å²) in [4.78, 5) is 4.82. The number of hydrogen-bond acceptors (Lipinski definition) is 3. The summed E-state index contributed by atoms with van der Waals surface area (Å²) < 4.78 is 8.31. The van der Waals surface area contributed by atoms with Crippen LogP contribution in [0, 0.1) is 5.92 Å². The molecule has 1 saturated heterocycles. The highest BCUT2D eigenvalue weighted by Crippen LogP contribution is 2.22. The molecule has 1 aliphatic heterocycles. The molecule has 1 fully saturated rings. The molecular formula is C20H25Cl2N3O. The van der Waals surface area contributed by atoms with Crippen LogP contribution in [0.25, 0.3) is 11.0 Å². The summed E-state index contributed by atoms with van der Waals surface area (Å²) in [5.74, 6) is 2.61. The maximum Gasteiger partial charge on any atom is 0.148 e. The van der Waals surface area contributed by atoms with Crippen molar-refractivity contribution in [3.63, 3.8) is 0 Å². The third-order valence-electron chi connectivity index (χ3n) is 4.74. The van der Waals surface area contributed by atoms with Crippen LogP contribution < -0.4 is 10.1 Å². The van der Waals surface area contributed by atoms with Crippen LogP contribution in [0.4, 0.5) is 0 Å². The molecule has 0 amide bonds. The van der Waals surface area contributed by atoms with Crippen molar-refractivity contribution in [3.8, 4) is 5.75 Å². The Bertz CT molecular complexity index is 801. The second kappa shape index (κ2) is 9.81. The van der Waals surface area contributed by atoms with Gasteiger partial charge < -0.3 is 14.6 Å². The number of aromatic nitrogens is 2. The number of hydrogen-bond donors (Lipinski definition) is 1. The molecule has 0 bridgehead atoms. The molecule has 0 saturated carbocycles. The number of para-hydroxylation sites is 3. The Kier molecular flexibility index (Phi) is 7.76. The van der Waals surface area contributed by atoms with Gasteiger partial charge in [0.05, 0.1) is 11.0 Å². The van der Waals surface area contributed by atoms with Crippen LogP contribution in [0.3, 0.4) is 0 Å². The van der Waals surface area contributed by atoms with Gasteiger partial charge in [0.15, 0.2) is 0 Å². The first-order valence-electron chi connectivity index (χ1n) is 8.73. The van der Waals surface area contributed by atoms with Crippen molar-refractivity contribution < 1.29 is 4.74 Å². The Hall–Kier alpha value is -1.75. The molecule has 3 aromatic rings. The van der Waals surface area contributed by atoms with Crippen LogP contribution in [0.15, 0.2) is 54.6 Å². The summed E-state index contributed by atoms with van der Waals surface area (Å²) in [5.41, 5.74) is 2.26. The second-order valence-electron chi connectivity index (χ2n) is 6.42. The lowest BCUT2D eigenvalue weighted by Crippen LogP contribution is -2.30. The Labute approximate surface area is 166 Å². The fraction of sp³-hybridized carbons (Fsp3) is 0.350. The molecule has 0 spiro atoms. The van der Waals surface area contributed by atoms with Crippen molar-refractivity contribution in [2.45, 2.75) is 26.0 Å². The number of halogens is 2. The summed E-state index contributed by atoms with van der Waals surface area (Å²) in [6, 6.07) is 18.3. The highest BCUT2D eigenvalue weighted by molar-refractivity contribution is 5.85. The molecule has 6 heteroatoms. The SMILES string of the molecule is Cl.Cl.c1ccc(OCc2nc3ccccc3n2CC2CCNCC2)cc1. The number of fused-ring (bicyclic) bond motifs is 1. The maximum absolute atomic E-state index is 5.96. The van der Waals surface area contributed by atoms with E-state index in [0.29, 0.717) is 12.5 Å². The number of nitrogens with zero attached hydrogens (tertiary/aromatic N) is 2. The third-order valence-corrected chi connectivity index (χ3v) is 4.74. The standard InChI is InChI=1S/C20H23N3O.2ClH/c1-2-6-17(7-3-1)24-15-20-22-18-8-4-5-9-19(18)23(20)14-16-10-12-21-13-11-16;;/h1-9,16,21H,10-15H2;2*1H. The van der Waals surface area contributed by atoms with Crippen molar-refractivity contribution in [2.75, 3.05) is 13.1 Å². The van der Waals surface area contributed by atoms with Crippen LogP contribution in [0.5, 0.6) is 5.75 Å². The molecule has 140 valence electrons. The normalized spacial score (nSPS) is 14.5. The molecule has 2 heterocycles. The van der Waals surface area contributed by atoms with E-state index in [1.54, 1.807) is 0 Å². The van der Waals surface area contributed by atoms with E-state index in [1.165, 1.54) is 18.4 Å². The maximum atomic E-state index is 5.96. The molecule has 1 aliphatic rings. The summed E-state index contributed by atoms with van der Waals surface area (Å²) in [7, 11) is 0. The van der Waals surface area contributed by atoms with E-state index in [9.17, 15) is 0 Å². The zero-order valence-corrected chi connectivity index (χ0v) is 16.3. The molecule has 4 nitrogen and oxygen atoms in total. The smallest absolute Gasteiger partial charge is 0.148 e. The number of imidazole rings is 1. The van der Waals surface area contributed by atoms with E-state index in [2.05, 4.69) is 28.1 Å². The zero-order chi connectivity index (χ0) is 16.2. The minimum Gasteiger partial charge on any atom is -0.486 e. The van der Waals surface area contributed by atoms with Gasteiger partial charge in [-0.25, -0.2) is 4.98 Å². The van der Waals surface area contributed by atoms with E-state index in [1.807, 2.05) is 36.4 Å². The molecule has 0 atom stereocenters.